The molecule has 1 aliphatic rings. The van der Waals surface area contributed by atoms with Crippen molar-refractivity contribution in [2.24, 2.45) is 4.99 Å². The molecule has 1 fully saturated rings. The van der Waals surface area contributed by atoms with Crippen LogP contribution < -0.4 is 0 Å². The second-order valence-corrected chi connectivity index (χ2v) is 3.89. The molecule has 0 aromatic heterocycles. The first-order valence-electron chi connectivity index (χ1n) is 4.71. The number of isocyanates is 1. The lowest BCUT2D eigenvalue weighted by atomic mass is 10.0. The van der Waals surface area contributed by atoms with Crippen LogP contribution in [0.4, 0.5) is 0 Å². The molecule has 4 nitrogen and oxygen atoms in total. The quantitative estimate of drug-likeness (QED) is 0.439. The molecule has 1 aromatic rings. The summed E-state index contributed by atoms with van der Waals surface area (Å²) in [5.41, 5.74) is 0.466. The van der Waals surface area contributed by atoms with Crippen molar-refractivity contribution in [1.29, 1.82) is 0 Å². The molecule has 0 bridgehead atoms. The number of aryl methyl sites for hydroxylation is 1. The van der Waals surface area contributed by atoms with Gasteiger partial charge in [0.05, 0.1) is 0 Å². The van der Waals surface area contributed by atoms with Crippen molar-refractivity contribution in [3.63, 3.8) is 0 Å². The van der Waals surface area contributed by atoms with Crippen molar-refractivity contribution in [2.75, 3.05) is 0 Å². The number of rotatable bonds is 2. The molecule has 4 heteroatoms. The molecule has 1 saturated carbocycles. The summed E-state index contributed by atoms with van der Waals surface area (Å²) in [6.07, 6.45) is 2.93. The number of hydrogen-bond acceptors (Lipinski definition) is 4. The van der Waals surface area contributed by atoms with E-state index in [2.05, 4.69) is 4.99 Å². The molecule has 0 saturated heterocycles. The number of aliphatic imine (C=N–C) groups is 1. The highest BCUT2D eigenvalue weighted by Crippen LogP contribution is 2.53. The zero-order chi connectivity index (χ0) is 11.1. The number of phenolic OH excluding ortho intramolecular Hbond substituents is 2. The lowest BCUT2D eigenvalue weighted by Crippen LogP contribution is -2.02. The topological polar surface area (TPSA) is 69.9 Å². The van der Waals surface area contributed by atoms with Gasteiger partial charge in [0.2, 0.25) is 6.08 Å². The maximum absolute atomic E-state index is 10.3. The molecule has 0 spiro atoms. The maximum Gasteiger partial charge on any atom is 0.235 e. The number of carbonyl (C=O) groups excluding carboxylic acids is 1. The van der Waals surface area contributed by atoms with E-state index in [1.54, 1.807) is 6.92 Å². The summed E-state index contributed by atoms with van der Waals surface area (Å²) in [5, 5.41) is 19.2. The van der Waals surface area contributed by atoms with Gasteiger partial charge in [-0.05, 0) is 37.5 Å². The first-order chi connectivity index (χ1) is 7.09. The van der Waals surface area contributed by atoms with E-state index >= 15 is 0 Å². The Morgan fingerprint density at radius 3 is 2.53 bits per heavy atom. The lowest BCUT2D eigenvalue weighted by molar-refractivity contribution is 0.443. The molecular weight excluding hydrogens is 194 g/mol. The molecule has 0 heterocycles. The third-order valence-electron chi connectivity index (χ3n) is 2.80. The summed E-state index contributed by atoms with van der Waals surface area (Å²) >= 11 is 0. The largest absolute Gasteiger partial charge is 0.508 e. The summed E-state index contributed by atoms with van der Waals surface area (Å²) in [5.74, 6) is 0.178. The van der Waals surface area contributed by atoms with Gasteiger partial charge in [0, 0.05) is 5.56 Å². The first kappa shape index (κ1) is 9.74. The fourth-order valence-electron chi connectivity index (χ4n) is 1.70. The molecule has 78 valence electrons. The van der Waals surface area contributed by atoms with Crippen LogP contribution in [0.3, 0.4) is 0 Å². The number of nitrogens with zero attached hydrogens (tertiary/aromatic N) is 1. The number of aromatic hydroxyl groups is 2. The minimum atomic E-state index is -0.642. The van der Waals surface area contributed by atoms with Crippen molar-refractivity contribution in [2.45, 2.75) is 25.3 Å². The molecule has 0 radical (unpaired) electrons. The van der Waals surface area contributed by atoms with Gasteiger partial charge in [-0.2, -0.15) is 4.99 Å². The average molecular weight is 205 g/mol. The molecule has 1 aromatic carbocycles. The Morgan fingerprint density at radius 1 is 1.33 bits per heavy atom. The Kier molecular flexibility index (Phi) is 2.02. The average Bonchev–Trinajstić information content (AvgIpc) is 2.93. The van der Waals surface area contributed by atoms with E-state index in [1.807, 2.05) is 0 Å². The zero-order valence-corrected chi connectivity index (χ0v) is 8.32. The van der Waals surface area contributed by atoms with Crippen LogP contribution in [0.15, 0.2) is 17.1 Å². The van der Waals surface area contributed by atoms with Crippen molar-refractivity contribution in [3.8, 4) is 11.5 Å². The highest BCUT2D eigenvalue weighted by molar-refractivity contribution is 5.52. The summed E-state index contributed by atoms with van der Waals surface area (Å²) in [6.45, 7) is 1.70. The van der Waals surface area contributed by atoms with Crippen LogP contribution >= 0.6 is 0 Å². The highest BCUT2D eigenvalue weighted by atomic mass is 16.3. The van der Waals surface area contributed by atoms with E-state index in [0.717, 1.165) is 0 Å². The normalized spacial score (nSPS) is 16.9. The van der Waals surface area contributed by atoms with Gasteiger partial charge in [0.1, 0.15) is 17.0 Å². The van der Waals surface area contributed by atoms with Gasteiger partial charge < -0.3 is 10.2 Å². The second-order valence-electron chi connectivity index (χ2n) is 3.89. The fourth-order valence-corrected chi connectivity index (χ4v) is 1.70. The number of phenols is 2. The lowest BCUT2D eigenvalue weighted by Gasteiger charge is -2.12. The van der Waals surface area contributed by atoms with Gasteiger partial charge in [-0.3, -0.25) is 0 Å². The Labute approximate surface area is 86.9 Å². The molecule has 0 atom stereocenters. The van der Waals surface area contributed by atoms with E-state index in [9.17, 15) is 15.0 Å². The monoisotopic (exact) mass is 205 g/mol. The maximum atomic E-state index is 10.3. The second kappa shape index (κ2) is 3.11. The van der Waals surface area contributed by atoms with Crippen LogP contribution in [-0.4, -0.2) is 16.3 Å². The van der Waals surface area contributed by atoms with Crippen LogP contribution in [0.2, 0.25) is 0 Å². The smallest absolute Gasteiger partial charge is 0.235 e. The zero-order valence-electron chi connectivity index (χ0n) is 8.32. The summed E-state index contributed by atoms with van der Waals surface area (Å²) < 4.78 is 0. The van der Waals surface area contributed by atoms with Gasteiger partial charge in [0.25, 0.3) is 0 Å². The molecule has 15 heavy (non-hydrogen) atoms. The Morgan fingerprint density at radius 2 is 2.00 bits per heavy atom. The van der Waals surface area contributed by atoms with Crippen LogP contribution in [-0.2, 0) is 10.3 Å². The highest BCUT2D eigenvalue weighted by Gasteiger charge is 2.46. The number of hydrogen-bond donors (Lipinski definition) is 2. The molecule has 0 aliphatic heterocycles. The van der Waals surface area contributed by atoms with Crippen molar-refractivity contribution in [3.05, 3.63) is 23.3 Å². The van der Waals surface area contributed by atoms with Crippen molar-refractivity contribution < 1.29 is 15.0 Å². The van der Waals surface area contributed by atoms with E-state index < -0.39 is 5.54 Å². The molecule has 1 aliphatic carbocycles. The van der Waals surface area contributed by atoms with Gasteiger partial charge >= 0.3 is 0 Å². The van der Waals surface area contributed by atoms with Crippen LogP contribution in [0.1, 0.15) is 24.0 Å². The molecule has 2 rings (SSSR count). The SMILES string of the molecule is Cc1cc(O)c(C2(N=C=O)CC2)cc1O. The van der Waals surface area contributed by atoms with Crippen molar-refractivity contribution >= 4 is 6.08 Å². The van der Waals surface area contributed by atoms with Crippen LogP contribution in [0.5, 0.6) is 11.5 Å². The third-order valence-corrected chi connectivity index (χ3v) is 2.80. The van der Waals surface area contributed by atoms with E-state index in [1.165, 1.54) is 18.2 Å². The Bertz CT molecular complexity index is 457. The molecular formula is C11H11NO3. The first-order valence-corrected chi connectivity index (χ1v) is 4.71. The summed E-state index contributed by atoms with van der Waals surface area (Å²) in [4.78, 5) is 14.0. The van der Waals surface area contributed by atoms with E-state index in [4.69, 9.17) is 0 Å². The predicted octanol–water partition coefficient (Wildman–Crippen LogP) is 1.73. The van der Waals surface area contributed by atoms with Gasteiger partial charge in [0.15, 0.2) is 0 Å². The minimum absolute atomic E-state index is 0.0711. The van der Waals surface area contributed by atoms with Gasteiger partial charge in [-0.15, -0.1) is 0 Å². The standard InChI is InChI=1S/C11H11NO3/c1-7-4-10(15)8(5-9(7)14)11(2-3-11)12-6-13/h4-5,14-15H,2-3H2,1H3. The molecule has 2 N–H and O–H groups in total. The molecule has 0 unspecified atom stereocenters. The van der Waals surface area contributed by atoms with Gasteiger partial charge in [-0.1, -0.05) is 0 Å². The Hall–Kier alpha value is -1.80. The molecule has 0 amide bonds. The summed E-state index contributed by atoms with van der Waals surface area (Å²) in [6, 6.07) is 2.95. The van der Waals surface area contributed by atoms with E-state index in [-0.39, 0.29) is 11.5 Å². The summed E-state index contributed by atoms with van der Waals surface area (Å²) in [7, 11) is 0. The van der Waals surface area contributed by atoms with Crippen LogP contribution in [0.25, 0.3) is 0 Å². The number of benzene rings is 1. The minimum Gasteiger partial charge on any atom is -0.508 e. The van der Waals surface area contributed by atoms with E-state index in [0.29, 0.717) is 24.0 Å². The Balaban J connectivity index is 2.54. The third kappa shape index (κ3) is 1.49. The van der Waals surface area contributed by atoms with Crippen LogP contribution in [0, 0.1) is 6.92 Å². The fraction of sp³-hybridized carbons (Fsp3) is 0.364. The predicted molar refractivity (Wildman–Crippen MR) is 53.5 cm³/mol. The van der Waals surface area contributed by atoms with Crippen molar-refractivity contribution in [1.82, 2.24) is 0 Å². The van der Waals surface area contributed by atoms with Gasteiger partial charge in [-0.25, -0.2) is 4.79 Å².